The quantitative estimate of drug-likeness (QED) is 0.891. The molecule has 0 saturated carbocycles. The van der Waals surface area contributed by atoms with E-state index in [-0.39, 0.29) is 11.3 Å². The van der Waals surface area contributed by atoms with Gasteiger partial charge in [0, 0.05) is 5.70 Å². The summed E-state index contributed by atoms with van der Waals surface area (Å²) in [4.78, 5) is 15.9. The minimum Gasteiger partial charge on any atom is -0.478 e. The fourth-order valence-corrected chi connectivity index (χ4v) is 2.58. The third kappa shape index (κ3) is 3.00. The summed E-state index contributed by atoms with van der Waals surface area (Å²) in [5.41, 5.74) is 1.61. The van der Waals surface area contributed by atoms with E-state index >= 15 is 0 Å². The minimum atomic E-state index is -0.989. The third-order valence-electron chi connectivity index (χ3n) is 2.84. The van der Waals surface area contributed by atoms with Crippen molar-refractivity contribution in [3.05, 3.63) is 47.2 Å². The molecule has 0 amide bonds. The van der Waals surface area contributed by atoms with Crippen molar-refractivity contribution in [2.45, 2.75) is 13.0 Å². The molecular formula is C14H13N3O2S. The summed E-state index contributed by atoms with van der Waals surface area (Å²) in [5, 5.41) is 21.5. The van der Waals surface area contributed by atoms with Gasteiger partial charge in [0.1, 0.15) is 6.04 Å². The number of carboxylic acid groups (broad SMARTS) is 1. The van der Waals surface area contributed by atoms with Crippen LogP contribution in [0.4, 0.5) is 0 Å². The highest BCUT2D eigenvalue weighted by Crippen LogP contribution is 2.31. The van der Waals surface area contributed by atoms with Crippen LogP contribution in [-0.4, -0.2) is 22.0 Å². The summed E-state index contributed by atoms with van der Waals surface area (Å²) in [6, 6.07) is 10.8. The van der Waals surface area contributed by atoms with Gasteiger partial charge in [-0.05, 0) is 12.5 Å². The fourth-order valence-electron chi connectivity index (χ4n) is 1.97. The Balaban J connectivity index is 2.40. The van der Waals surface area contributed by atoms with Crippen LogP contribution in [0.1, 0.15) is 18.5 Å². The van der Waals surface area contributed by atoms with Crippen molar-refractivity contribution in [1.29, 1.82) is 5.26 Å². The first kappa shape index (κ1) is 14.2. The van der Waals surface area contributed by atoms with E-state index < -0.39 is 12.0 Å². The van der Waals surface area contributed by atoms with Gasteiger partial charge in [0.15, 0.2) is 5.17 Å². The first-order valence-corrected chi connectivity index (χ1v) is 6.95. The maximum atomic E-state index is 11.4. The van der Waals surface area contributed by atoms with Gasteiger partial charge in [-0.2, -0.15) is 5.26 Å². The summed E-state index contributed by atoms with van der Waals surface area (Å²) in [6.07, 6.45) is 0. The van der Waals surface area contributed by atoms with Crippen molar-refractivity contribution in [2.75, 3.05) is 5.75 Å². The number of rotatable bonds is 3. The highest BCUT2D eigenvalue weighted by Gasteiger charge is 2.28. The highest BCUT2D eigenvalue weighted by molar-refractivity contribution is 8.14. The predicted octanol–water partition coefficient (Wildman–Crippen LogP) is 2.30. The third-order valence-corrected chi connectivity index (χ3v) is 3.59. The van der Waals surface area contributed by atoms with E-state index in [1.807, 2.05) is 36.4 Å². The number of nitrogens with zero attached hydrogens (tertiary/aromatic N) is 2. The second kappa shape index (κ2) is 6.26. The summed E-state index contributed by atoms with van der Waals surface area (Å²) in [7, 11) is 0. The van der Waals surface area contributed by atoms with Gasteiger partial charge < -0.3 is 10.4 Å². The number of aliphatic imine (C=N–C) groups is 1. The second-order valence-electron chi connectivity index (χ2n) is 4.16. The van der Waals surface area contributed by atoms with E-state index in [1.54, 1.807) is 6.92 Å². The molecule has 1 aliphatic rings. The number of thioether (sulfide) groups is 1. The molecule has 0 fully saturated rings. The van der Waals surface area contributed by atoms with Gasteiger partial charge >= 0.3 is 5.97 Å². The van der Waals surface area contributed by atoms with Gasteiger partial charge in [-0.3, -0.25) is 0 Å². The maximum absolute atomic E-state index is 11.4. The number of aliphatic carboxylic acids is 1. The Hall–Kier alpha value is -2.26. The number of nitriles is 1. The van der Waals surface area contributed by atoms with Crippen LogP contribution in [0.5, 0.6) is 0 Å². The Labute approximate surface area is 121 Å². The van der Waals surface area contributed by atoms with Gasteiger partial charge in [-0.25, -0.2) is 9.79 Å². The van der Waals surface area contributed by atoms with Crippen LogP contribution in [0.3, 0.4) is 0 Å². The lowest BCUT2D eigenvalue weighted by Crippen LogP contribution is -2.29. The van der Waals surface area contributed by atoms with Crippen molar-refractivity contribution >= 4 is 22.9 Å². The molecule has 0 bridgehead atoms. The molecule has 102 valence electrons. The van der Waals surface area contributed by atoms with Gasteiger partial charge in [-0.1, -0.05) is 42.1 Å². The molecule has 1 atom stereocenters. The van der Waals surface area contributed by atoms with E-state index in [4.69, 9.17) is 5.26 Å². The predicted molar refractivity (Wildman–Crippen MR) is 78.2 cm³/mol. The highest BCUT2D eigenvalue weighted by atomic mass is 32.2. The van der Waals surface area contributed by atoms with Gasteiger partial charge in [0.2, 0.25) is 0 Å². The summed E-state index contributed by atoms with van der Waals surface area (Å²) in [5.74, 6) is -0.722. The first-order valence-electron chi connectivity index (χ1n) is 5.97. The number of nitrogens with one attached hydrogen (secondary N) is 1. The SMILES string of the molecule is CC1=C(C(=O)O)C(c2ccccc2)N=C(SCC#N)N1. The van der Waals surface area contributed by atoms with Gasteiger partial charge in [0.05, 0.1) is 17.4 Å². The zero-order chi connectivity index (χ0) is 14.5. The molecule has 0 saturated heterocycles. The van der Waals surface area contributed by atoms with Crippen LogP contribution in [0.2, 0.25) is 0 Å². The summed E-state index contributed by atoms with van der Waals surface area (Å²) < 4.78 is 0. The first-order chi connectivity index (χ1) is 9.63. The van der Waals surface area contributed by atoms with Crippen molar-refractivity contribution in [3.63, 3.8) is 0 Å². The molecule has 0 spiro atoms. The minimum absolute atomic E-state index is 0.234. The molecule has 1 heterocycles. The van der Waals surface area contributed by atoms with Crippen molar-refractivity contribution in [3.8, 4) is 6.07 Å². The average molecular weight is 287 g/mol. The van der Waals surface area contributed by atoms with Crippen LogP contribution in [0.25, 0.3) is 0 Å². The van der Waals surface area contributed by atoms with Crippen LogP contribution < -0.4 is 5.32 Å². The maximum Gasteiger partial charge on any atom is 0.335 e. The number of hydrogen-bond acceptors (Lipinski definition) is 5. The van der Waals surface area contributed by atoms with Crippen LogP contribution in [0, 0.1) is 11.3 Å². The normalized spacial score (nSPS) is 18.0. The fraction of sp³-hybridized carbons (Fsp3) is 0.214. The molecule has 2 N–H and O–H groups in total. The van der Waals surface area contributed by atoms with Crippen LogP contribution in [-0.2, 0) is 4.79 Å². The molecule has 0 radical (unpaired) electrons. The van der Waals surface area contributed by atoms with E-state index in [0.29, 0.717) is 10.9 Å². The molecule has 0 aromatic heterocycles. The molecule has 6 heteroatoms. The number of amidine groups is 1. The van der Waals surface area contributed by atoms with Gasteiger partial charge in [-0.15, -0.1) is 0 Å². The second-order valence-corrected chi connectivity index (χ2v) is 5.13. The number of allylic oxidation sites excluding steroid dienone is 1. The van der Waals surface area contributed by atoms with Crippen LogP contribution >= 0.6 is 11.8 Å². The monoisotopic (exact) mass is 287 g/mol. The molecular weight excluding hydrogens is 274 g/mol. The number of carboxylic acids is 1. The number of benzene rings is 1. The van der Waals surface area contributed by atoms with Crippen LogP contribution in [0.15, 0.2) is 46.6 Å². The number of hydrogen-bond donors (Lipinski definition) is 2. The van der Waals surface area contributed by atoms with Crippen molar-refractivity contribution < 1.29 is 9.90 Å². The standard InChI is InChI=1S/C14H13N3O2S/c1-9-11(13(18)19)12(10-5-3-2-4-6-10)17-14(16-9)20-8-7-15/h2-6,12H,8H2,1H3,(H,16,17)(H,18,19). The Kier molecular flexibility index (Phi) is 4.43. The molecule has 1 aromatic carbocycles. The molecule has 20 heavy (non-hydrogen) atoms. The van der Waals surface area contributed by atoms with E-state index in [1.165, 1.54) is 11.8 Å². The largest absolute Gasteiger partial charge is 0.478 e. The molecule has 5 nitrogen and oxygen atoms in total. The molecule has 0 aliphatic carbocycles. The Morgan fingerprint density at radius 3 is 2.80 bits per heavy atom. The average Bonchev–Trinajstić information content (AvgIpc) is 2.45. The lowest BCUT2D eigenvalue weighted by molar-refractivity contribution is -0.133. The van der Waals surface area contributed by atoms with Gasteiger partial charge in [0.25, 0.3) is 0 Å². The Morgan fingerprint density at radius 2 is 2.20 bits per heavy atom. The zero-order valence-corrected chi connectivity index (χ0v) is 11.6. The van der Waals surface area contributed by atoms with E-state index in [9.17, 15) is 9.90 Å². The molecule has 1 aromatic rings. The van der Waals surface area contributed by atoms with Crippen molar-refractivity contribution in [2.24, 2.45) is 4.99 Å². The lowest BCUT2D eigenvalue weighted by atomic mass is 9.97. The lowest BCUT2D eigenvalue weighted by Gasteiger charge is -2.24. The molecule has 1 unspecified atom stereocenters. The summed E-state index contributed by atoms with van der Waals surface area (Å²) >= 11 is 1.26. The Morgan fingerprint density at radius 1 is 1.50 bits per heavy atom. The molecule has 2 rings (SSSR count). The summed E-state index contributed by atoms with van der Waals surface area (Å²) in [6.45, 7) is 1.71. The number of carbonyl (C=O) groups is 1. The Bertz CT molecular complexity index is 617. The van der Waals surface area contributed by atoms with E-state index in [0.717, 1.165) is 5.56 Å². The molecule has 1 aliphatic heterocycles. The topological polar surface area (TPSA) is 85.5 Å². The smallest absolute Gasteiger partial charge is 0.335 e. The van der Waals surface area contributed by atoms with Crippen molar-refractivity contribution in [1.82, 2.24) is 5.32 Å². The van der Waals surface area contributed by atoms with E-state index in [2.05, 4.69) is 10.3 Å². The zero-order valence-electron chi connectivity index (χ0n) is 10.8.